The van der Waals surface area contributed by atoms with Crippen LogP contribution in [0.5, 0.6) is 0 Å². The molecule has 0 fully saturated rings. The van der Waals surface area contributed by atoms with E-state index in [-0.39, 0.29) is 6.61 Å². The summed E-state index contributed by atoms with van der Waals surface area (Å²) in [5, 5.41) is 8.44. The van der Waals surface area contributed by atoms with Crippen LogP contribution in [0.25, 0.3) is 0 Å². The number of rotatable bonds is 3. The molecular weight excluding hydrogens is 181 g/mol. The Labute approximate surface area is 73.6 Å². The molecule has 12 heavy (non-hydrogen) atoms. The zero-order valence-corrected chi connectivity index (χ0v) is 8.53. The van der Waals surface area contributed by atoms with Crippen LogP contribution in [0.1, 0.15) is 13.8 Å². The molecule has 0 saturated heterocycles. The first kappa shape index (κ1) is 14.5. The molecule has 74 valence electrons. The first-order valence-corrected chi connectivity index (χ1v) is 4.74. The second-order valence-electron chi connectivity index (χ2n) is 2.55. The molecule has 0 bridgehead atoms. The van der Waals surface area contributed by atoms with Crippen LogP contribution in [0.3, 0.4) is 0 Å². The van der Waals surface area contributed by atoms with E-state index < -0.39 is 8.25 Å². The monoisotopic (exact) mass is 198 g/mol. The summed E-state index contributed by atoms with van der Waals surface area (Å²) in [7, 11) is -0.869. The van der Waals surface area contributed by atoms with Gasteiger partial charge < -0.3 is 10.0 Å². The Hall–Kier alpha value is -0.0600. The van der Waals surface area contributed by atoms with Crippen LogP contribution < -0.4 is 0 Å². The molecule has 0 aliphatic heterocycles. The number of hydrogen-bond donors (Lipinski definition) is 3. The van der Waals surface area contributed by atoms with Crippen LogP contribution in [0.4, 0.5) is 0 Å². The second kappa shape index (κ2) is 9.03. The van der Waals surface area contributed by atoms with Crippen molar-refractivity contribution in [2.24, 2.45) is 0 Å². The van der Waals surface area contributed by atoms with E-state index in [9.17, 15) is 0 Å². The molecule has 0 amide bonds. The molecular formula is C6H17NO4P+. The maximum atomic E-state index is 8.70. The third-order valence-corrected chi connectivity index (χ3v) is 1.33. The van der Waals surface area contributed by atoms with Crippen molar-refractivity contribution in [3.8, 4) is 0 Å². The quantitative estimate of drug-likeness (QED) is 0.554. The average Bonchev–Trinajstić information content (AvgIpc) is 1.86. The van der Waals surface area contributed by atoms with Gasteiger partial charge >= 0.3 is 8.25 Å². The minimum Gasteiger partial charge on any atom is -0.395 e. The lowest BCUT2D eigenvalue weighted by atomic mass is 10.3. The van der Waals surface area contributed by atoms with E-state index in [0.717, 1.165) is 6.54 Å². The molecule has 0 spiro atoms. The van der Waals surface area contributed by atoms with Crippen molar-refractivity contribution in [2.75, 3.05) is 20.2 Å². The molecule has 0 rings (SSSR count). The second-order valence-corrected chi connectivity index (χ2v) is 3.06. The standard InChI is InChI=1S/C6H15NO.HO3P/c1-6(2)7(3)4-5-8;1-4(2)3/h6,8H,4-5H2,1-3H3;(H-,1,2,3)/p+1. The van der Waals surface area contributed by atoms with Gasteiger partial charge in [0.1, 0.15) is 0 Å². The molecule has 0 unspecified atom stereocenters. The summed E-state index contributed by atoms with van der Waals surface area (Å²) in [6.45, 7) is 5.25. The van der Waals surface area contributed by atoms with Gasteiger partial charge in [0.25, 0.3) is 0 Å². The molecule has 0 atom stereocenters. The van der Waals surface area contributed by atoms with Crippen LogP contribution in [-0.2, 0) is 4.57 Å². The Morgan fingerprint density at radius 1 is 1.42 bits per heavy atom. The van der Waals surface area contributed by atoms with Gasteiger partial charge in [-0.05, 0) is 20.9 Å². The molecule has 0 radical (unpaired) electrons. The molecule has 0 aromatic carbocycles. The zero-order chi connectivity index (χ0) is 10.1. The van der Waals surface area contributed by atoms with E-state index in [1.54, 1.807) is 0 Å². The number of nitrogens with zero attached hydrogens (tertiary/aromatic N) is 1. The summed E-state index contributed by atoms with van der Waals surface area (Å²) < 4.78 is 8.70. The van der Waals surface area contributed by atoms with Gasteiger partial charge in [0.05, 0.1) is 6.61 Å². The highest BCUT2D eigenvalue weighted by Crippen LogP contribution is 1.98. The van der Waals surface area contributed by atoms with Gasteiger partial charge in [-0.3, -0.25) is 0 Å². The van der Waals surface area contributed by atoms with Crippen molar-refractivity contribution in [3.05, 3.63) is 0 Å². The highest BCUT2D eigenvalue weighted by molar-refractivity contribution is 7.30. The molecule has 5 nitrogen and oxygen atoms in total. The van der Waals surface area contributed by atoms with Crippen LogP contribution in [0.2, 0.25) is 0 Å². The molecule has 0 saturated carbocycles. The Morgan fingerprint density at radius 2 is 1.75 bits per heavy atom. The smallest absolute Gasteiger partial charge is 0.395 e. The third-order valence-electron chi connectivity index (χ3n) is 1.33. The van der Waals surface area contributed by atoms with Crippen molar-refractivity contribution >= 4 is 8.25 Å². The van der Waals surface area contributed by atoms with Crippen molar-refractivity contribution < 1.29 is 19.5 Å². The lowest BCUT2D eigenvalue weighted by Gasteiger charge is -2.18. The molecule has 0 aromatic rings. The normalized spacial score (nSPS) is 9.67. The Kier molecular flexibility index (Phi) is 10.9. The van der Waals surface area contributed by atoms with Crippen LogP contribution >= 0.6 is 8.25 Å². The van der Waals surface area contributed by atoms with Crippen molar-refractivity contribution in [2.45, 2.75) is 19.9 Å². The molecule has 3 N–H and O–H groups in total. The predicted octanol–water partition coefficient (Wildman–Crippen LogP) is -0.0527. The van der Waals surface area contributed by atoms with Crippen molar-refractivity contribution in [1.29, 1.82) is 0 Å². The SMILES string of the molecule is CC(C)N(C)CCO.O=[P+](O)O. The predicted molar refractivity (Wildman–Crippen MR) is 46.9 cm³/mol. The van der Waals surface area contributed by atoms with E-state index >= 15 is 0 Å². The number of likely N-dealkylation sites (N-methyl/N-ethyl adjacent to an activating group) is 1. The highest BCUT2D eigenvalue weighted by atomic mass is 31.1. The van der Waals surface area contributed by atoms with E-state index in [1.807, 2.05) is 7.05 Å². The molecule has 6 heteroatoms. The number of aliphatic hydroxyl groups is 1. The fraction of sp³-hybridized carbons (Fsp3) is 1.00. The van der Waals surface area contributed by atoms with Crippen LogP contribution in [0.15, 0.2) is 0 Å². The van der Waals surface area contributed by atoms with Gasteiger partial charge in [-0.25, -0.2) is 0 Å². The van der Waals surface area contributed by atoms with Crippen LogP contribution in [-0.4, -0.2) is 46.0 Å². The van der Waals surface area contributed by atoms with Gasteiger partial charge in [-0.2, -0.15) is 0 Å². The summed E-state index contributed by atoms with van der Waals surface area (Å²) in [5.41, 5.74) is 0. The zero-order valence-electron chi connectivity index (χ0n) is 7.64. The maximum Gasteiger partial charge on any atom is 0.692 e. The summed E-state index contributed by atoms with van der Waals surface area (Å²) in [5.74, 6) is 0. The molecule has 0 heterocycles. The Morgan fingerprint density at radius 3 is 1.83 bits per heavy atom. The molecule has 0 aliphatic rings. The fourth-order valence-electron chi connectivity index (χ4n) is 0.416. The summed E-state index contributed by atoms with van der Waals surface area (Å²) in [4.78, 5) is 16.3. The Balaban J connectivity index is 0. The lowest BCUT2D eigenvalue weighted by Crippen LogP contribution is -2.28. The summed E-state index contributed by atoms with van der Waals surface area (Å²) >= 11 is 0. The minimum absolute atomic E-state index is 0.259. The summed E-state index contributed by atoms with van der Waals surface area (Å²) in [6, 6.07) is 0.544. The van der Waals surface area contributed by atoms with Gasteiger partial charge in [0, 0.05) is 17.2 Å². The first-order valence-electron chi connectivity index (χ1n) is 3.58. The maximum absolute atomic E-state index is 8.70. The van der Waals surface area contributed by atoms with Gasteiger partial charge in [0.15, 0.2) is 0 Å². The topological polar surface area (TPSA) is 81.0 Å². The molecule has 0 aliphatic carbocycles. The minimum atomic E-state index is -2.87. The van der Waals surface area contributed by atoms with E-state index in [4.69, 9.17) is 19.5 Å². The Bertz CT molecular complexity index is 116. The fourth-order valence-corrected chi connectivity index (χ4v) is 0.416. The average molecular weight is 198 g/mol. The lowest BCUT2D eigenvalue weighted by molar-refractivity contribution is 0.195. The van der Waals surface area contributed by atoms with Gasteiger partial charge in [-0.1, -0.05) is 0 Å². The molecule has 0 aromatic heterocycles. The van der Waals surface area contributed by atoms with Gasteiger partial charge in [0.2, 0.25) is 0 Å². The number of aliphatic hydroxyl groups excluding tert-OH is 1. The third kappa shape index (κ3) is 16.5. The van der Waals surface area contributed by atoms with Crippen LogP contribution in [0, 0.1) is 0 Å². The van der Waals surface area contributed by atoms with E-state index in [2.05, 4.69) is 18.7 Å². The largest absolute Gasteiger partial charge is 0.692 e. The number of hydrogen-bond acceptors (Lipinski definition) is 3. The van der Waals surface area contributed by atoms with E-state index in [0.29, 0.717) is 6.04 Å². The first-order chi connectivity index (χ1) is 5.41. The van der Waals surface area contributed by atoms with Crippen molar-refractivity contribution in [3.63, 3.8) is 0 Å². The van der Waals surface area contributed by atoms with Crippen molar-refractivity contribution in [1.82, 2.24) is 4.90 Å². The summed E-state index contributed by atoms with van der Waals surface area (Å²) in [6.07, 6.45) is 0. The van der Waals surface area contributed by atoms with Gasteiger partial charge in [-0.15, -0.1) is 9.79 Å². The highest BCUT2D eigenvalue weighted by Gasteiger charge is 1.98. The van der Waals surface area contributed by atoms with E-state index in [1.165, 1.54) is 0 Å².